The molecule has 0 unspecified atom stereocenters. The van der Waals surface area contributed by atoms with Gasteiger partial charge in [-0.3, -0.25) is 0 Å². The van der Waals surface area contributed by atoms with Crippen molar-refractivity contribution in [2.75, 3.05) is 37.0 Å². The summed E-state index contributed by atoms with van der Waals surface area (Å²) in [5, 5.41) is 12.8. The number of aromatic carboxylic acids is 1. The normalized spacial score (nSPS) is 10.9. The molecule has 0 radical (unpaired) electrons. The van der Waals surface area contributed by atoms with Crippen LogP contribution in [0, 0.1) is 6.92 Å². The Bertz CT molecular complexity index is 954. The van der Waals surface area contributed by atoms with Gasteiger partial charge in [-0.05, 0) is 37.6 Å². The molecule has 0 aliphatic carbocycles. The number of aromatic nitrogens is 3. The molecule has 142 valence electrons. The van der Waals surface area contributed by atoms with Crippen LogP contribution in [0.5, 0.6) is 0 Å². The van der Waals surface area contributed by atoms with Crippen LogP contribution in [0.1, 0.15) is 22.8 Å². The van der Waals surface area contributed by atoms with E-state index in [0.717, 1.165) is 5.56 Å². The Morgan fingerprint density at radius 1 is 1.41 bits per heavy atom. The molecule has 0 atom stereocenters. The van der Waals surface area contributed by atoms with E-state index in [1.807, 2.05) is 30.9 Å². The number of imidazole rings is 1. The highest BCUT2D eigenvalue weighted by Gasteiger charge is 2.18. The van der Waals surface area contributed by atoms with Gasteiger partial charge in [0.2, 0.25) is 5.95 Å². The van der Waals surface area contributed by atoms with Crippen molar-refractivity contribution >= 4 is 34.5 Å². The topological polar surface area (TPSA) is 103 Å². The molecule has 27 heavy (non-hydrogen) atoms. The van der Waals surface area contributed by atoms with E-state index in [2.05, 4.69) is 20.3 Å². The number of rotatable bonds is 8. The lowest BCUT2D eigenvalue weighted by molar-refractivity contribution is 0.0697. The second kappa shape index (κ2) is 8.05. The number of pyridine rings is 1. The standard InChI is InChI=1S/C19H23N5O3/c1-4-24(8-9-27-3)16-11-15-14(10-13(16)18(25)26)21-19(22-15)23-17-12(2)6-5-7-20-17/h5-7,10-11H,4,8-9H2,1-3H3,(H,25,26)(H2,20,21,22,23). The predicted octanol–water partition coefficient (Wildman–Crippen LogP) is 3.18. The number of aryl methyl sites for hydroxylation is 1. The predicted molar refractivity (Wildman–Crippen MR) is 105 cm³/mol. The molecular formula is C19H23N5O3. The summed E-state index contributed by atoms with van der Waals surface area (Å²) in [6, 6.07) is 7.23. The summed E-state index contributed by atoms with van der Waals surface area (Å²) < 4.78 is 5.14. The molecule has 0 amide bonds. The van der Waals surface area contributed by atoms with Gasteiger partial charge in [-0.2, -0.15) is 0 Å². The summed E-state index contributed by atoms with van der Waals surface area (Å²) in [5.41, 5.74) is 3.17. The van der Waals surface area contributed by atoms with Gasteiger partial charge in [0, 0.05) is 26.4 Å². The summed E-state index contributed by atoms with van der Waals surface area (Å²) in [7, 11) is 1.63. The highest BCUT2D eigenvalue weighted by atomic mass is 16.5. The maximum atomic E-state index is 11.8. The molecule has 3 N–H and O–H groups in total. The van der Waals surface area contributed by atoms with Crippen molar-refractivity contribution in [1.82, 2.24) is 15.0 Å². The van der Waals surface area contributed by atoms with Gasteiger partial charge >= 0.3 is 5.97 Å². The molecule has 0 bridgehead atoms. The molecule has 8 heteroatoms. The number of fused-ring (bicyclic) bond motifs is 1. The van der Waals surface area contributed by atoms with Crippen molar-refractivity contribution in [3.05, 3.63) is 41.6 Å². The maximum Gasteiger partial charge on any atom is 0.337 e. The van der Waals surface area contributed by atoms with E-state index in [9.17, 15) is 9.90 Å². The molecule has 0 saturated carbocycles. The third-order valence-corrected chi connectivity index (χ3v) is 4.36. The van der Waals surface area contributed by atoms with Gasteiger partial charge in [0.15, 0.2) is 0 Å². The molecule has 0 saturated heterocycles. The highest BCUT2D eigenvalue weighted by molar-refractivity contribution is 6.00. The number of likely N-dealkylation sites (N-methyl/N-ethyl adjacent to an activating group) is 1. The Morgan fingerprint density at radius 3 is 2.89 bits per heavy atom. The fraction of sp³-hybridized carbons (Fsp3) is 0.316. The summed E-state index contributed by atoms with van der Waals surface area (Å²) in [6.45, 7) is 5.71. The zero-order valence-corrected chi connectivity index (χ0v) is 15.6. The van der Waals surface area contributed by atoms with Gasteiger partial charge in [-0.1, -0.05) is 6.07 Å². The van der Waals surface area contributed by atoms with E-state index in [1.54, 1.807) is 25.4 Å². The fourth-order valence-corrected chi connectivity index (χ4v) is 2.92. The summed E-state index contributed by atoms with van der Waals surface area (Å²) in [4.78, 5) is 25.7. The number of nitrogens with zero attached hydrogens (tertiary/aromatic N) is 3. The lowest BCUT2D eigenvalue weighted by Crippen LogP contribution is -2.28. The van der Waals surface area contributed by atoms with Crippen LogP contribution < -0.4 is 10.2 Å². The van der Waals surface area contributed by atoms with Crippen molar-refractivity contribution in [2.24, 2.45) is 0 Å². The average molecular weight is 369 g/mol. The van der Waals surface area contributed by atoms with Crippen molar-refractivity contribution in [3.63, 3.8) is 0 Å². The van der Waals surface area contributed by atoms with E-state index in [0.29, 0.717) is 48.2 Å². The average Bonchev–Trinajstić information content (AvgIpc) is 3.05. The van der Waals surface area contributed by atoms with Crippen molar-refractivity contribution in [2.45, 2.75) is 13.8 Å². The minimum absolute atomic E-state index is 0.227. The van der Waals surface area contributed by atoms with Gasteiger partial charge in [0.05, 0.1) is 28.9 Å². The van der Waals surface area contributed by atoms with E-state index in [-0.39, 0.29) is 5.56 Å². The largest absolute Gasteiger partial charge is 0.478 e. The number of methoxy groups -OCH3 is 1. The number of carboxylic acid groups (broad SMARTS) is 1. The van der Waals surface area contributed by atoms with Crippen LogP contribution in [0.3, 0.4) is 0 Å². The second-order valence-corrected chi connectivity index (χ2v) is 6.14. The lowest BCUT2D eigenvalue weighted by atomic mass is 10.1. The Labute approximate surface area is 157 Å². The van der Waals surface area contributed by atoms with E-state index in [1.165, 1.54) is 0 Å². The highest BCUT2D eigenvalue weighted by Crippen LogP contribution is 2.28. The molecule has 0 fully saturated rings. The van der Waals surface area contributed by atoms with E-state index < -0.39 is 5.97 Å². The number of H-pyrrole nitrogens is 1. The molecule has 2 heterocycles. The minimum Gasteiger partial charge on any atom is -0.478 e. The molecule has 3 rings (SSSR count). The van der Waals surface area contributed by atoms with Gasteiger partial charge < -0.3 is 25.0 Å². The molecule has 2 aromatic heterocycles. The molecular weight excluding hydrogens is 346 g/mol. The van der Waals surface area contributed by atoms with Gasteiger partial charge in [0.25, 0.3) is 0 Å². The van der Waals surface area contributed by atoms with Crippen LogP contribution in [0.4, 0.5) is 17.5 Å². The minimum atomic E-state index is -0.979. The quantitative estimate of drug-likeness (QED) is 0.560. The summed E-state index contributed by atoms with van der Waals surface area (Å²) >= 11 is 0. The summed E-state index contributed by atoms with van der Waals surface area (Å²) in [5.74, 6) is 0.234. The first-order chi connectivity index (χ1) is 13.0. The summed E-state index contributed by atoms with van der Waals surface area (Å²) in [6.07, 6.45) is 1.70. The number of aromatic amines is 1. The number of anilines is 3. The molecule has 0 aliphatic rings. The third-order valence-electron chi connectivity index (χ3n) is 4.36. The van der Waals surface area contributed by atoms with Crippen molar-refractivity contribution < 1.29 is 14.6 Å². The second-order valence-electron chi connectivity index (χ2n) is 6.14. The first-order valence-electron chi connectivity index (χ1n) is 8.73. The maximum absolute atomic E-state index is 11.8. The Kier molecular flexibility index (Phi) is 5.56. The van der Waals surface area contributed by atoms with Crippen LogP contribution in [-0.2, 0) is 4.74 Å². The third kappa shape index (κ3) is 4.01. The SMILES string of the molecule is CCN(CCOC)c1cc2nc(Nc3ncccc3C)[nH]c2cc1C(=O)O. The number of hydrogen-bond donors (Lipinski definition) is 3. The van der Waals surface area contributed by atoms with Crippen LogP contribution in [-0.4, -0.2) is 52.8 Å². The zero-order chi connectivity index (χ0) is 19.4. The van der Waals surface area contributed by atoms with Crippen molar-refractivity contribution in [3.8, 4) is 0 Å². The van der Waals surface area contributed by atoms with Gasteiger partial charge in [0.1, 0.15) is 5.82 Å². The monoisotopic (exact) mass is 369 g/mol. The first-order valence-corrected chi connectivity index (χ1v) is 8.73. The van der Waals surface area contributed by atoms with E-state index >= 15 is 0 Å². The number of nitrogens with one attached hydrogen (secondary N) is 2. The zero-order valence-electron chi connectivity index (χ0n) is 15.6. The van der Waals surface area contributed by atoms with E-state index in [4.69, 9.17) is 4.74 Å². The van der Waals surface area contributed by atoms with Crippen molar-refractivity contribution in [1.29, 1.82) is 0 Å². The number of ether oxygens (including phenoxy) is 1. The number of benzene rings is 1. The number of carbonyl (C=O) groups is 1. The lowest BCUT2D eigenvalue weighted by Gasteiger charge is -2.24. The Hall–Kier alpha value is -3.13. The Morgan fingerprint density at radius 2 is 2.22 bits per heavy atom. The molecule has 3 aromatic rings. The van der Waals surface area contributed by atoms with Crippen LogP contribution in [0.2, 0.25) is 0 Å². The first kappa shape index (κ1) is 18.7. The number of carboxylic acids is 1. The smallest absolute Gasteiger partial charge is 0.337 e. The van der Waals surface area contributed by atoms with Gasteiger partial charge in [-0.15, -0.1) is 0 Å². The van der Waals surface area contributed by atoms with Crippen LogP contribution >= 0.6 is 0 Å². The molecule has 0 spiro atoms. The number of hydrogen-bond acceptors (Lipinski definition) is 6. The Balaban J connectivity index is 2.00. The molecule has 0 aliphatic heterocycles. The fourth-order valence-electron chi connectivity index (χ4n) is 2.92. The van der Waals surface area contributed by atoms with Crippen LogP contribution in [0.15, 0.2) is 30.5 Å². The van der Waals surface area contributed by atoms with Gasteiger partial charge in [-0.25, -0.2) is 14.8 Å². The van der Waals surface area contributed by atoms with Crippen LogP contribution in [0.25, 0.3) is 11.0 Å². The molecule has 1 aromatic carbocycles. The molecule has 8 nitrogen and oxygen atoms in total.